The summed E-state index contributed by atoms with van der Waals surface area (Å²) < 4.78 is 11.1. The van der Waals surface area contributed by atoms with Crippen LogP contribution in [0.1, 0.15) is 96.3 Å². The molecule has 0 atom stereocenters. The smallest absolute Gasteiger partial charge is 0.478 e. The van der Waals surface area contributed by atoms with Gasteiger partial charge in [0.2, 0.25) is 23.6 Å². The van der Waals surface area contributed by atoms with Crippen LogP contribution in [0.3, 0.4) is 0 Å². The topological polar surface area (TPSA) is 156 Å². The maximum absolute atomic E-state index is 11.2. The Bertz CT molecular complexity index is 2010. The molecule has 1 radical (unpaired) electrons. The Kier molecular flexibility index (Phi) is 17.9. The first-order valence-electron chi connectivity index (χ1n) is 18.5. The molecule has 3 N–H and O–H groups in total. The summed E-state index contributed by atoms with van der Waals surface area (Å²) in [6.07, 6.45) is 0. The second-order valence-corrected chi connectivity index (χ2v) is 15.1. The third-order valence-electron chi connectivity index (χ3n) is 11.2. The number of rotatable bonds is 6. The second kappa shape index (κ2) is 20.0. The van der Waals surface area contributed by atoms with Gasteiger partial charge < -0.3 is 24.0 Å². The number of hydrogen-bond donors (Lipinski definition) is 3. The zero-order valence-electron chi connectivity index (χ0n) is 36.0. The molecule has 0 aliphatic rings. The molecule has 0 saturated carbocycles. The third kappa shape index (κ3) is 9.97. The molecule has 2 aromatic heterocycles. The third-order valence-corrected chi connectivity index (χ3v) is 11.2. The van der Waals surface area contributed by atoms with E-state index in [1.165, 1.54) is 33.2 Å². The van der Waals surface area contributed by atoms with E-state index in [0.717, 1.165) is 55.6 Å². The number of nitrogens with zero attached hydrogens (tertiary/aromatic N) is 4. The standard InChI is InChI=1S/C15H21BN2O.C13H17BN2O3.C13H19BO2.CH4.V/c1-8-10(3)14(16(6)7)11(4)9(2)13(8)15-18-17-12(5)19-15;1-6-8(3)12(14(17)18)9(4)7(2)11(6)13-16-15-10(5)19-13;1-7-9(3)12(14(5)6)10(4)8(2)11(7)13(15)16;;/h1-7H3;17-18H,1-5H3;1-6H3,(H,15,16);1H4;. The molecule has 3 aromatic carbocycles. The van der Waals surface area contributed by atoms with Crippen molar-refractivity contribution in [3.8, 4) is 22.9 Å². The Labute approximate surface area is 347 Å². The monoisotopic (exact) mass is 801 g/mol. The maximum atomic E-state index is 11.2. The van der Waals surface area contributed by atoms with E-state index < -0.39 is 13.1 Å². The van der Waals surface area contributed by atoms with Gasteiger partial charge >= 0.3 is 13.1 Å². The predicted molar refractivity (Wildman–Crippen MR) is 230 cm³/mol. The summed E-state index contributed by atoms with van der Waals surface area (Å²) in [6, 6.07) is 0. The van der Waals surface area contributed by atoms with Gasteiger partial charge in [-0.2, -0.15) is 0 Å². The Morgan fingerprint density at radius 1 is 0.464 bits per heavy atom. The molecular formula is C42H61B3N4O6V. The average molecular weight is 801 g/mol. The first-order chi connectivity index (χ1) is 25.0. The molecule has 0 spiro atoms. The molecule has 0 bridgehead atoms. The van der Waals surface area contributed by atoms with Crippen LogP contribution in [0.4, 0.5) is 0 Å². The quantitative estimate of drug-likeness (QED) is 0.148. The summed E-state index contributed by atoms with van der Waals surface area (Å²) in [5.74, 6) is 1.40. The van der Waals surface area contributed by atoms with Crippen LogP contribution in [0, 0.1) is 96.9 Å². The van der Waals surface area contributed by atoms with Gasteiger partial charge in [0, 0.05) is 43.5 Å². The van der Waals surface area contributed by atoms with Crippen molar-refractivity contribution >= 4 is 42.9 Å². The van der Waals surface area contributed by atoms with Crippen molar-refractivity contribution in [3.05, 3.63) is 84.1 Å². The summed E-state index contributed by atoms with van der Waals surface area (Å²) in [5.41, 5.74) is 18.5. The van der Waals surface area contributed by atoms with E-state index in [0.29, 0.717) is 48.0 Å². The average Bonchev–Trinajstić information content (AvgIpc) is 3.70. The molecule has 5 aromatic rings. The number of carboxylic acids is 1. The molecule has 56 heavy (non-hydrogen) atoms. The Balaban J connectivity index is 0.000000415. The SMILES string of the molecule is C.CB(C)c1c(C)c(C)c(-c2nnc(C)o2)c(C)c1C.CB(C)c1c(C)c(C)c(C(=O)O)c(C)c1C.Cc1nnc(-c2c(C)c(C)c(B(O)O)c(C)c2C)o1.[V]. The summed E-state index contributed by atoms with van der Waals surface area (Å²) in [7, 11) is -1.48. The molecule has 0 aliphatic heterocycles. The van der Waals surface area contributed by atoms with Gasteiger partial charge in [-0.1, -0.05) is 67.9 Å². The fraction of sp³-hybridized carbons (Fsp3) is 0.452. The van der Waals surface area contributed by atoms with Gasteiger partial charge in [-0.05, 0) is 133 Å². The number of hydrogen-bond acceptors (Lipinski definition) is 9. The molecule has 0 amide bonds. The van der Waals surface area contributed by atoms with Gasteiger partial charge in [0.1, 0.15) is 0 Å². The largest absolute Gasteiger partial charge is 0.488 e. The molecule has 299 valence electrons. The van der Waals surface area contributed by atoms with E-state index in [9.17, 15) is 19.9 Å². The van der Waals surface area contributed by atoms with Gasteiger partial charge in [-0.3, -0.25) is 0 Å². The molecule has 0 saturated heterocycles. The van der Waals surface area contributed by atoms with Crippen molar-refractivity contribution in [3.63, 3.8) is 0 Å². The summed E-state index contributed by atoms with van der Waals surface area (Å²) in [5, 5.41) is 44.3. The van der Waals surface area contributed by atoms with Gasteiger partial charge in [0.15, 0.2) is 13.4 Å². The number of carbonyl (C=O) groups is 1. The van der Waals surface area contributed by atoms with Crippen LogP contribution in [0.25, 0.3) is 22.9 Å². The summed E-state index contributed by atoms with van der Waals surface area (Å²) >= 11 is 0. The Morgan fingerprint density at radius 3 is 0.946 bits per heavy atom. The van der Waals surface area contributed by atoms with E-state index in [1.54, 1.807) is 6.92 Å². The molecule has 0 unspecified atom stereocenters. The number of aryl methyl sites for hydroxylation is 2. The Hall–Kier alpha value is -3.89. The Morgan fingerprint density at radius 2 is 0.732 bits per heavy atom. The number of benzene rings is 3. The minimum Gasteiger partial charge on any atom is -0.478 e. The second-order valence-electron chi connectivity index (χ2n) is 15.1. The van der Waals surface area contributed by atoms with E-state index in [1.807, 2.05) is 62.3 Å². The van der Waals surface area contributed by atoms with Crippen molar-refractivity contribution < 1.29 is 47.3 Å². The van der Waals surface area contributed by atoms with E-state index in [2.05, 4.69) is 75.4 Å². The van der Waals surface area contributed by atoms with E-state index >= 15 is 0 Å². The molecule has 0 fully saturated rings. The van der Waals surface area contributed by atoms with E-state index in [-0.39, 0.29) is 26.0 Å². The van der Waals surface area contributed by atoms with Gasteiger partial charge in [-0.25, -0.2) is 4.79 Å². The maximum Gasteiger partial charge on any atom is 0.488 e. The summed E-state index contributed by atoms with van der Waals surface area (Å²) in [4.78, 5) is 11.2. The van der Waals surface area contributed by atoms with Crippen LogP contribution in [0.2, 0.25) is 27.3 Å². The van der Waals surface area contributed by atoms with Crippen LogP contribution >= 0.6 is 0 Å². The fourth-order valence-corrected chi connectivity index (χ4v) is 7.90. The van der Waals surface area contributed by atoms with Crippen LogP contribution < -0.4 is 16.4 Å². The number of carboxylic acid groups (broad SMARTS) is 1. The zero-order chi connectivity index (χ0) is 41.3. The van der Waals surface area contributed by atoms with Crippen molar-refractivity contribution in [1.29, 1.82) is 0 Å². The zero-order valence-corrected chi connectivity index (χ0v) is 37.4. The normalized spacial score (nSPS) is 10.4. The van der Waals surface area contributed by atoms with E-state index in [4.69, 9.17) is 8.83 Å². The fourth-order valence-electron chi connectivity index (χ4n) is 7.90. The molecule has 5 rings (SSSR count). The first-order valence-corrected chi connectivity index (χ1v) is 18.5. The summed E-state index contributed by atoms with van der Waals surface area (Å²) in [6.45, 7) is 37.4. The van der Waals surface area contributed by atoms with Gasteiger partial charge in [0.25, 0.3) is 0 Å². The van der Waals surface area contributed by atoms with Crippen molar-refractivity contribution in [1.82, 2.24) is 20.4 Å². The van der Waals surface area contributed by atoms with Crippen LogP contribution in [0.15, 0.2) is 8.83 Å². The molecule has 2 heterocycles. The minimum atomic E-state index is -1.48. The minimum absolute atomic E-state index is 0. The van der Waals surface area contributed by atoms with Crippen LogP contribution in [-0.4, -0.2) is 62.1 Å². The van der Waals surface area contributed by atoms with Gasteiger partial charge in [0.05, 0.1) is 5.56 Å². The van der Waals surface area contributed by atoms with Crippen molar-refractivity contribution in [2.24, 2.45) is 0 Å². The molecular weight excluding hydrogens is 740 g/mol. The first kappa shape index (κ1) is 50.1. The molecule has 14 heteroatoms. The molecule has 0 aliphatic carbocycles. The number of aromatic carboxylic acids is 1. The van der Waals surface area contributed by atoms with Crippen molar-refractivity contribution in [2.45, 2.75) is 132 Å². The van der Waals surface area contributed by atoms with Gasteiger partial charge in [-0.15, -0.1) is 20.4 Å². The van der Waals surface area contributed by atoms with Crippen LogP contribution in [-0.2, 0) is 18.6 Å². The molecule has 10 nitrogen and oxygen atoms in total. The predicted octanol–water partition coefficient (Wildman–Crippen LogP) is 7.41. The van der Waals surface area contributed by atoms with Crippen molar-refractivity contribution in [2.75, 3.05) is 0 Å². The number of aromatic nitrogens is 4. The van der Waals surface area contributed by atoms with Crippen LogP contribution in [0.5, 0.6) is 0 Å².